The SMILES string of the molecule is CC(C)[Si]Sc1ccccn1. The maximum Gasteiger partial charge on any atom is 0.134 e. The number of pyridine rings is 1. The summed E-state index contributed by atoms with van der Waals surface area (Å²) in [5, 5.41) is 1.14. The van der Waals surface area contributed by atoms with Gasteiger partial charge in [0, 0.05) is 6.20 Å². The molecule has 3 heteroatoms. The molecule has 0 spiro atoms. The maximum absolute atomic E-state index is 4.22. The molecule has 0 N–H and O–H groups in total. The van der Waals surface area contributed by atoms with Crippen LogP contribution in [0.4, 0.5) is 0 Å². The number of hydrogen-bond acceptors (Lipinski definition) is 2. The van der Waals surface area contributed by atoms with Crippen LogP contribution in [0.15, 0.2) is 29.4 Å². The van der Waals surface area contributed by atoms with Crippen molar-refractivity contribution in [2.24, 2.45) is 0 Å². The van der Waals surface area contributed by atoms with E-state index in [1.165, 1.54) is 0 Å². The first-order valence-corrected chi connectivity index (χ1v) is 6.24. The molecule has 58 valence electrons. The zero-order valence-electron chi connectivity index (χ0n) is 6.74. The molecule has 0 saturated carbocycles. The van der Waals surface area contributed by atoms with Crippen LogP contribution in [0.2, 0.25) is 5.54 Å². The molecule has 1 aromatic heterocycles. The predicted octanol–water partition coefficient (Wildman–Crippen LogP) is 2.62. The van der Waals surface area contributed by atoms with Gasteiger partial charge in [0.25, 0.3) is 0 Å². The van der Waals surface area contributed by atoms with Gasteiger partial charge in [-0.3, -0.25) is 4.98 Å². The smallest absolute Gasteiger partial charge is 0.134 e. The first-order valence-electron chi connectivity index (χ1n) is 3.62. The largest absolute Gasteiger partial charge is 0.251 e. The third-order valence-corrected chi connectivity index (χ3v) is 4.47. The summed E-state index contributed by atoms with van der Waals surface area (Å²) >= 11 is 1.85. The fraction of sp³-hybridized carbons (Fsp3) is 0.375. The molecule has 0 aliphatic heterocycles. The summed E-state index contributed by atoms with van der Waals surface area (Å²) < 4.78 is 0. The number of aromatic nitrogens is 1. The van der Waals surface area contributed by atoms with Crippen LogP contribution in [-0.4, -0.2) is 13.7 Å². The summed E-state index contributed by atoms with van der Waals surface area (Å²) in [6, 6.07) is 6.03. The van der Waals surface area contributed by atoms with Gasteiger partial charge in [-0.1, -0.05) is 19.9 Å². The average molecular weight is 181 g/mol. The van der Waals surface area contributed by atoms with E-state index < -0.39 is 0 Å². The Kier molecular flexibility index (Phi) is 3.66. The normalized spacial score (nSPS) is 10.5. The lowest BCUT2D eigenvalue weighted by Crippen LogP contribution is -1.89. The van der Waals surface area contributed by atoms with Gasteiger partial charge in [0.2, 0.25) is 0 Å². The monoisotopic (exact) mass is 181 g/mol. The summed E-state index contributed by atoms with van der Waals surface area (Å²) in [6.45, 7) is 4.46. The Labute approximate surface area is 74.1 Å². The molecule has 2 radical (unpaired) electrons. The van der Waals surface area contributed by atoms with Gasteiger partial charge in [-0.2, -0.15) is 0 Å². The lowest BCUT2D eigenvalue weighted by Gasteiger charge is -2.00. The molecule has 1 heterocycles. The Morgan fingerprint density at radius 1 is 1.45 bits per heavy atom. The van der Waals surface area contributed by atoms with E-state index in [-0.39, 0.29) is 0 Å². The molecule has 0 aliphatic carbocycles. The topological polar surface area (TPSA) is 12.9 Å². The molecule has 0 atom stereocenters. The van der Waals surface area contributed by atoms with E-state index in [0.717, 1.165) is 19.2 Å². The third-order valence-electron chi connectivity index (χ3n) is 1.04. The van der Waals surface area contributed by atoms with Gasteiger partial charge in [-0.25, -0.2) is 0 Å². The summed E-state index contributed by atoms with van der Waals surface area (Å²) in [4.78, 5) is 4.22. The first kappa shape index (κ1) is 8.81. The molecule has 11 heavy (non-hydrogen) atoms. The predicted molar refractivity (Wildman–Crippen MR) is 50.9 cm³/mol. The van der Waals surface area contributed by atoms with Crippen LogP contribution in [0.3, 0.4) is 0 Å². The van der Waals surface area contributed by atoms with Crippen molar-refractivity contribution in [3.63, 3.8) is 0 Å². The fourth-order valence-electron chi connectivity index (χ4n) is 0.586. The lowest BCUT2D eigenvalue weighted by atomic mass is 10.5. The van der Waals surface area contributed by atoms with Gasteiger partial charge in [0.15, 0.2) is 0 Å². The van der Waals surface area contributed by atoms with Crippen molar-refractivity contribution in [3.05, 3.63) is 24.4 Å². The van der Waals surface area contributed by atoms with Gasteiger partial charge in [-0.15, -0.1) is 11.2 Å². The van der Waals surface area contributed by atoms with Crippen LogP contribution in [0.5, 0.6) is 0 Å². The number of rotatable bonds is 3. The van der Waals surface area contributed by atoms with Crippen molar-refractivity contribution < 1.29 is 0 Å². The van der Waals surface area contributed by atoms with E-state index in [1.807, 2.05) is 29.5 Å². The zero-order valence-corrected chi connectivity index (χ0v) is 8.56. The van der Waals surface area contributed by atoms with Crippen molar-refractivity contribution in [2.75, 3.05) is 0 Å². The van der Waals surface area contributed by atoms with E-state index in [4.69, 9.17) is 0 Å². The Bertz CT molecular complexity index is 201. The van der Waals surface area contributed by atoms with Gasteiger partial charge >= 0.3 is 0 Å². The number of nitrogens with zero attached hydrogens (tertiary/aromatic N) is 1. The highest BCUT2D eigenvalue weighted by Crippen LogP contribution is 2.16. The quantitative estimate of drug-likeness (QED) is 0.665. The molecule has 1 rings (SSSR count). The number of hydrogen-bond donors (Lipinski definition) is 0. The van der Waals surface area contributed by atoms with Crippen molar-refractivity contribution in [1.82, 2.24) is 4.98 Å². The summed E-state index contributed by atoms with van der Waals surface area (Å²) in [6.07, 6.45) is 1.84. The lowest BCUT2D eigenvalue weighted by molar-refractivity contribution is 1.07. The highest BCUT2D eigenvalue weighted by atomic mass is 32.4. The van der Waals surface area contributed by atoms with Crippen molar-refractivity contribution >= 4 is 19.9 Å². The summed E-state index contributed by atoms with van der Waals surface area (Å²) in [5.41, 5.74) is 0.766. The molecular weight excluding hydrogens is 170 g/mol. The molecule has 0 aromatic carbocycles. The first-order chi connectivity index (χ1) is 5.29. The van der Waals surface area contributed by atoms with Crippen molar-refractivity contribution in [3.8, 4) is 0 Å². The molecule has 0 aliphatic rings. The Hall–Kier alpha value is -0.283. The Balaban J connectivity index is 2.39. The molecule has 1 nitrogen and oxygen atoms in total. The maximum atomic E-state index is 4.22. The van der Waals surface area contributed by atoms with Crippen molar-refractivity contribution in [2.45, 2.75) is 24.4 Å². The summed E-state index contributed by atoms with van der Waals surface area (Å²) in [5.74, 6) is 0. The molecule has 0 saturated heterocycles. The average Bonchev–Trinajstić information content (AvgIpc) is 2.03. The van der Waals surface area contributed by atoms with Gasteiger partial charge in [-0.05, 0) is 17.7 Å². The van der Waals surface area contributed by atoms with Crippen LogP contribution in [-0.2, 0) is 0 Å². The molecule has 0 bridgehead atoms. The standard InChI is InChI=1S/C8H11NSSi/c1-7(2)11-10-8-5-3-4-6-9-8/h3-7H,1-2H3. The molecule has 0 unspecified atom stereocenters. The fourth-order valence-corrected chi connectivity index (χ4v) is 2.63. The van der Waals surface area contributed by atoms with E-state index >= 15 is 0 Å². The van der Waals surface area contributed by atoms with Crippen molar-refractivity contribution in [1.29, 1.82) is 0 Å². The van der Waals surface area contributed by atoms with Crippen LogP contribution in [0, 0.1) is 0 Å². The second kappa shape index (κ2) is 4.57. The minimum absolute atomic E-state index is 0.766. The minimum Gasteiger partial charge on any atom is -0.251 e. The Morgan fingerprint density at radius 3 is 2.82 bits per heavy atom. The second-order valence-corrected chi connectivity index (χ2v) is 5.87. The van der Waals surface area contributed by atoms with E-state index in [1.54, 1.807) is 0 Å². The molecular formula is C8H11NSSi. The van der Waals surface area contributed by atoms with Gasteiger partial charge < -0.3 is 0 Å². The second-order valence-electron chi connectivity index (χ2n) is 2.54. The zero-order chi connectivity index (χ0) is 8.10. The highest BCUT2D eigenvalue weighted by Gasteiger charge is 1.98. The van der Waals surface area contributed by atoms with Crippen LogP contribution in [0.25, 0.3) is 0 Å². The summed E-state index contributed by atoms with van der Waals surface area (Å²) in [7, 11) is 0.920. The van der Waals surface area contributed by atoms with Crippen LogP contribution < -0.4 is 0 Å². The minimum atomic E-state index is 0.766. The van der Waals surface area contributed by atoms with E-state index in [0.29, 0.717) is 0 Å². The van der Waals surface area contributed by atoms with Gasteiger partial charge in [0.1, 0.15) is 8.67 Å². The molecule has 0 amide bonds. The van der Waals surface area contributed by atoms with Crippen LogP contribution in [0.1, 0.15) is 13.8 Å². The van der Waals surface area contributed by atoms with E-state index in [2.05, 4.69) is 24.9 Å². The molecule has 0 fully saturated rings. The third kappa shape index (κ3) is 3.58. The Morgan fingerprint density at radius 2 is 2.27 bits per heavy atom. The molecule has 1 aromatic rings. The highest BCUT2D eigenvalue weighted by molar-refractivity contribution is 8.22. The van der Waals surface area contributed by atoms with Crippen LogP contribution >= 0.6 is 11.2 Å². The van der Waals surface area contributed by atoms with Gasteiger partial charge in [0.05, 0.1) is 5.03 Å². The van der Waals surface area contributed by atoms with E-state index in [9.17, 15) is 0 Å².